The van der Waals surface area contributed by atoms with Crippen molar-refractivity contribution in [2.75, 3.05) is 53.7 Å². The van der Waals surface area contributed by atoms with E-state index in [1.54, 1.807) is 7.11 Å². The third kappa shape index (κ3) is 7.58. The molecule has 0 aliphatic carbocycles. The van der Waals surface area contributed by atoms with Gasteiger partial charge in [0.2, 0.25) is 0 Å². The monoisotopic (exact) mass is 519 g/mol. The molecule has 7 nitrogen and oxygen atoms in total. The van der Waals surface area contributed by atoms with Crippen LogP contribution in [0.5, 0.6) is 5.75 Å². The predicted molar refractivity (Wildman–Crippen MR) is 124 cm³/mol. The van der Waals surface area contributed by atoms with E-state index < -0.39 is 0 Å². The standard InChI is InChI=1S/C21H33N3O4.HI/c1-22-21(24-9-13-28-20(16-24)19-8-4-11-27-19)23-15-17-6-3-7-18(14-17)26-12-5-10-25-2;/h3,6-7,14,19-20H,4-5,8-13,15-16H2,1-2H3,(H,22,23);1H. The topological polar surface area (TPSA) is 64.6 Å². The first-order valence-corrected chi connectivity index (χ1v) is 10.2. The smallest absolute Gasteiger partial charge is 0.194 e. The summed E-state index contributed by atoms with van der Waals surface area (Å²) in [5.74, 6) is 1.79. The van der Waals surface area contributed by atoms with Gasteiger partial charge in [0.15, 0.2) is 5.96 Å². The average Bonchev–Trinajstić information content (AvgIpc) is 3.27. The summed E-state index contributed by atoms with van der Waals surface area (Å²) >= 11 is 0. The van der Waals surface area contributed by atoms with Crippen molar-refractivity contribution >= 4 is 29.9 Å². The van der Waals surface area contributed by atoms with Gasteiger partial charge in [0.25, 0.3) is 0 Å². The molecule has 2 aliphatic rings. The van der Waals surface area contributed by atoms with E-state index in [-0.39, 0.29) is 36.2 Å². The number of nitrogens with one attached hydrogen (secondary N) is 1. The molecule has 0 bridgehead atoms. The fraction of sp³-hybridized carbons (Fsp3) is 0.667. The van der Waals surface area contributed by atoms with Gasteiger partial charge < -0.3 is 29.2 Å². The molecule has 0 amide bonds. The van der Waals surface area contributed by atoms with Crippen LogP contribution >= 0.6 is 24.0 Å². The lowest BCUT2D eigenvalue weighted by Gasteiger charge is -2.37. The molecule has 0 spiro atoms. The largest absolute Gasteiger partial charge is 0.493 e. The van der Waals surface area contributed by atoms with Gasteiger partial charge in [0.05, 0.1) is 19.3 Å². The van der Waals surface area contributed by atoms with Gasteiger partial charge in [-0.2, -0.15) is 0 Å². The number of morpholine rings is 1. The summed E-state index contributed by atoms with van der Waals surface area (Å²) in [7, 11) is 3.53. The molecule has 2 aliphatic heterocycles. The highest BCUT2D eigenvalue weighted by Gasteiger charge is 2.32. The molecule has 3 rings (SSSR count). The zero-order chi connectivity index (χ0) is 19.6. The highest BCUT2D eigenvalue weighted by atomic mass is 127. The lowest BCUT2D eigenvalue weighted by atomic mass is 10.1. The summed E-state index contributed by atoms with van der Waals surface area (Å²) in [6, 6.07) is 8.17. The molecule has 164 valence electrons. The highest BCUT2D eigenvalue weighted by molar-refractivity contribution is 14.0. The summed E-state index contributed by atoms with van der Waals surface area (Å²) in [5, 5.41) is 3.47. The summed E-state index contributed by atoms with van der Waals surface area (Å²) in [6.07, 6.45) is 3.43. The maximum absolute atomic E-state index is 5.95. The van der Waals surface area contributed by atoms with Gasteiger partial charge in [-0.25, -0.2) is 0 Å². The van der Waals surface area contributed by atoms with Crippen molar-refractivity contribution in [1.82, 2.24) is 10.2 Å². The van der Waals surface area contributed by atoms with E-state index in [0.717, 1.165) is 56.2 Å². The molecule has 0 saturated carbocycles. The maximum Gasteiger partial charge on any atom is 0.194 e. The second-order valence-electron chi connectivity index (χ2n) is 7.15. The van der Waals surface area contributed by atoms with Crippen molar-refractivity contribution in [3.8, 4) is 5.75 Å². The minimum Gasteiger partial charge on any atom is -0.493 e. The number of hydrogen-bond acceptors (Lipinski definition) is 5. The van der Waals surface area contributed by atoms with Crippen LogP contribution in [0.15, 0.2) is 29.3 Å². The Labute approximate surface area is 191 Å². The second kappa shape index (κ2) is 13.3. The SMILES string of the molecule is CN=C(NCc1cccc(OCCCOC)c1)N1CCOC(C2CCCO2)C1.I. The number of hydrogen-bond donors (Lipinski definition) is 1. The molecule has 1 aromatic rings. The fourth-order valence-electron chi connectivity index (χ4n) is 3.64. The van der Waals surface area contributed by atoms with Crippen molar-refractivity contribution < 1.29 is 18.9 Å². The molecule has 2 atom stereocenters. The first-order valence-electron chi connectivity index (χ1n) is 10.2. The van der Waals surface area contributed by atoms with Crippen LogP contribution in [0.3, 0.4) is 0 Å². The van der Waals surface area contributed by atoms with Crippen LogP contribution in [-0.2, 0) is 20.8 Å². The average molecular weight is 519 g/mol. The number of guanidine groups is 1. The van der Waals surface area contributed by atoms with Crippen molar-refractivity contribution in [3.63, 3.8) is 0 Å². The Morgan fingerprint density at radius 1 is 1.24 bits per heavy atom. The number of nitrogens with zero attached hydrogens (tertiary/aromatic N) is 2. The second-order valence-corrected chi connectivity index (χ2v) is 7.15. The van der Waals surface area contributed by atoms with Crippen molar-refractivity contribution in [3.05, 3.63) is 29.8 Å². The van der Waals surface area contributed by atoms with Gasteiger partial charge in [-0.3, -0.25) is 4.99 Å². The van der Waals surface area contributed by atoms with Crippen LogP contribution < -0.4 is 10.1 Å². The summed E-state index contributed by atoms with van der Waals surface area (Å²) in [6.45, 7) is 5.27. The zero-order valence-corrected chi connectivity index (χ0v) is 19.8. The normalized spacial score (nSPS) is 22.3. The molecule has 1 aromatic carbocycles. The number of rotatable bonds is 8. The van der Waals surface area contributed by atoms with E-state index in [1.807, 2.05) is 19.2 Å². The van der Waals surface area contributed by atoms with Crippen LogP contribution in [0.2, 0.25) is 0 Å². The van der Waals surface area contributed by atoms with E-state index in [0.29, 0.717) is 26.4 Å². The van der Waals surface area contributed by atoms with Crippen molar-refractivity contribution in [2.45, 2.75) is 38.0 Å². The zero-order valence-electron chi connectivity index (χ0n) is 17.5. The van der Waals surface area contributed by atoms with Crippen LogP contribution in [0.25, 0.3) is 0 Å². The Morgan fingerprint density at radius 3 is 2.86 bits per heavy atom. The Kier molecular flexibility index (Phi) is 11.0. The molecule has 2 heterocycles. The van der Waals surface area contributed by atoms with Gasteiger partial charge in [-0.1, -0.05) is 12.1 Å². The van der Waals surface area contributed by atoms with Crippen LogP contribution in [0, 0.1) is 0 Å². The van der Waals surface area contributed by atoms with Gasteiger partial charge in [0.1, 0.15) is 11.9 Å². The highest BCUT2D eigenvalue weighted by Crippen LogP contribution is 2.21. The fourth-order valence-corrected chi connectivity index (χ4v) is 3.64. The Hall–Kier alpha value is -1.10. The quantitative estimate of drug-likeness (QED) is 0.247. The van der Waals surface area contributed by atoms with Gasteiger partial charge in [0, 0.05) is 53.4 Å². The van der Waals surface area contributed by atoms with E-state index in [1.165, 1.54) is 0 Å². The van der Waals surface area contributed by atoms with E-state index in [9.17, 15) is 0 Å². The van der Waals surface area contributed by atoms with Gasteiger partial charge in [-0.15, -0.1) is 24.0 Å². The number of halogens is 1. The molecular weight excluding hydrogens is 485 g/mol. The van der Waals surface area contributed by atoms with E-state index in [2.05, 4.69) is 27.3 Å². The summed E-state index contributed by atoms with van der Waals surface area (Å²) in [5.41, 5.74) is 1.16. The third-order valence-corrected chi connectivity index (χ3v) is 5.09. The van der Waals surface area contributed by atoms with E-state index in [4.69, 9.17) is 18.9 Å². The first-order chi connectivity index (χ1) is 13.8. The lowest BCUT2D eigenvalue weighted by molar-refractivity contribution is -0.0817. The molecule has 2 saturated heterocycles. The summed E-state index contributed by atoms with van der Waals surface area (Å²) < 4.78 is 22.6. The Balaban J connectivity index is 0.00000300. The molecule has 0 radical (unpaired) electrons. The molecule has 29 heavy (non-hydrogen) atoms. The minimum absolute atomic E-state index is 0. The Bertz CT molecular complexity index is 626. The number of benzene rings is 1. The van der Waals surface area contributed by atoms with Crippen molar-refractivity contribution in [2.24, 2.45) is 4.99 Å². The molecule has 2 fully saturated rings. The van der Waals surface area contributed by atoms with Crippen LogP contribution in [0.4, 0.5) is 0 Å². The van der Waals surface area contributed by atoms with Gasteiger partial charge in [-0.05, 0) is 30.5 Å². The minimum atomic E-state index is 0. The molecular formula is C21H34IN3O4. The number of methoxy groups -OCH3 is 1. The van der Waals surface area contributed by atoms with Crippen LogP contribution in [0.1, 0.15) is 24.8 Å². The third-order valence-electron chi connectivity index (χ3n) is 5.09. The predicted octanol–water partition coefficient (Wildman–Crippen LogP) is 2.68. The van der Waals surface area contributed by atoms with Crippen LogP contribution in [-0.4, -0.2) is 76.7 Å². The summed E-state index contributed by atoms with van der Waals surface area (Å²) in [4.78, 5) is 6.74. The molecule has 8 heteroatoms. The molecule has 1 N–H and O–H groups in total. The number of ether oxygens (including phenoxy) is 4. The van der Waals surface area contributed by atoms with E-state index >= 15 is 0 Å². The van der Waals surface area contributed by atoms with Crippen molar-refractivity contribution in [1.29, 1.82) is 0 Å². The molecule has 0 aromatic heterocycles. The lowest BCUT2D eigenvalue weighted by Crippen LogP contribution is -2.53. The Morgan fingerprint density at radius 2 is 2.10 bits per heavy atom. The molecule has 2 unspecified atom stereocenters. The first kappa shape index (κ1) is 24.2. The van der Waals surface area contributed by atoms with Gasteiger partial charge >= 0.3 is 0 Å². The number of aliphatic imine (C=N–C) groups is 1. The maximum atomic E-state index is 5.95.